The summed E-state index contributed by atoms with van der Waals surface area (Å²) < 4.78 is 13.0. The third-order valence-corrected chi connectivity index (χ3v) is 4.55. The number of nitrogens with zero attached hydrogens (tertiary/aromatic N) is 4. The SMILES string of the molecule is O=C(COc1ccccc1)N1CC(n2cc(COCC3CC3)nn2)C1. The molecule has 0 bridgehead atoms. The van der Waals surface area contributed by atoms with Crippen LogP contribution in [0.5, 0.6) is 5.75 Å². The standard InChI is InChI=1S/C18H22N4O3/c23-18(13-25-17-4-2-1-3-5-17)21-9-16(10-21)22-8-15(19-20-22)12-24-11-14-6-7-14/h1-5,8,14,16H,6-7,9-13H2. The number of benzene rings is 1. The van der Waals surface area contributed by atoms with Crippen LogP contribution in [-0.2, 0) is 16.1 Å². The van der Waals surface area contributed by atoms with E-state index in [4.69, 9.17) is 9.47 Å². The van der Waals surface area contributed by atoms with Gasteiger partial charge in [-0.1, -0.05) is 23.4 Å². The van der Waals surface area contributed by atoms with E-state index in [2.05, 4.69) is 10.3 Å². The van der Waals surface area contributed by atoms with Gasteiger partial charge in [0.05, 0.1) is 18.8 Å². The maximum atomic E-state index is 12.1. The number of amides is 1. The predicted octanol–water partition coefficient (Wildman–Crippen LogP) is 1.67. The summed E-state index contributed by atoms with van der Waals surface area (Å²) in [7, 11) is 0. The van der Waals surface area contributed by atoms with Crippen LogP contribution >= 0.6 is 0 Å². The van der Waals surface area contributed by atoms with Crippen molar-refractivity contribution in [3.63, 3.8) is 0 Å². The van der Waals surface area contributed by atoms with Gasteiger partial charge in [-0.3, -0.25) is 4.79 Å². The molecule has 1 aliphatic heterocycles. The predicted molar refractivity (Wildman–Crippen MR) is 90.0 cm³/mol. The minimum absolute atomic E-state index is 0.00629. The summed E-state index contributed by atoms with van der Waals surface area (Å²) in [4.78, 5) is 13.9. The van der Waals surface area contributed by atoms with Crippen molar-refractivity contribution in [1.82, 2.24) is 19.9 Å². The Bertz CT molecular complexity index is 708. The Morgan fingerprint density at radius 2 is 2.00 bits per heavy atom. The molecule has 1 saturated heterocycles. The first-order chi connectivity index (χ1) is 12.3. The molecule has 0 radical (unpaired) electrons. The number of aromatic nitrogens is 3. The first kappa shape index (κ1) is 16.1. The lowest BCUT2D eigenvalue weighted by molar-refractivity contribution is -0.139. The Balaban J connectivity index is 1.19. The van der Waals surface area contributed by atoms with Crippen molar-refractivity contribution in [2.45, 2.75) is 25.5 Å². The molecule has 0 unspecified atom stereocenters. The molecular weight excluding hydrogens is 320 g/mol. The van der Waals surface area contributed by atoms with E-state index < -0.39 is 0 Å². The third kappa shape index (κ3) is 4.17. The maximum Gasteiger partial charge on any atom is 0.260 e. The lowest BCUT2D eigenvalue weighted by Gasteiger charge is -2.38. The van der Waals surface area contributed by atoms with E-state index in [0.29, 0.717) is 25.4 Å². The molecule has 2 aromatic rings. The summed E-state index contributed by atoms with van der Waals surface area (Å²) in [6.07, 6.45) is 4.49. The zero-order valence-corrected chi connectivity index (χ0v) is 14.1. The fourth-order valence-corrected chi connectivity index (χ4v) is 2.75. The summed E-state index contributed by atoms with van der Waals surface area (Å²) >= 11 is 0. The summed E-state index contributed by atoms with van der Waals surface area (Å²) in [5, 5.41) is 8.30. The molecule has 0 N–H and O–H groups in total. The molecule has 0 spiro atoms. The molecule has 7 heteroatoms. The van der Waals surface area contributed by atoms with Crippen LogP contribution in [0.4, 0.5) is 0 Å². The number of rotatable bonds is 8. The normalized spacial score (nSPS) is 17.4. The average Bonchev–Trinajstić information content (AvgIpc) is 3.30. The summed E-state index contributed by atoms with van der Waals surface area (Å²) in [5.41, 5.74) is 0.845. The second kappa shape index (κ2) is 7.23. The Hall–Kier alpha value is -2.41. The largest absolute Gasteiger partial charge is 0.484 e. The molecule has 7 nitrogen and oxygen atoms in total. The topological polar surface area (TPSA) is 69.5 Å². The number of hydrogen-bond donors (Lipinski definition) is 0. The highest BCUT2D eigenvalue weighted by molar-refractivity contribution is 5.78. The van der Waals surface area contributed by atoms with Crippen molar-refractivity contribution < 1.29 is 14.3 Å². The minimum Gasteiger partial charge on any atom is -0.484 e. The molecule has 1 saturated carbocycles. The molecule has 0 atom stereocenters. The smallest absolute Gasteiger partial charge is 0.260 e. The van der Waals surface area contributed by atoms with Crippen LogP contribution in [0.1, 0.15) is 24.6 Å². The highest BCUT2D eigenvalue weighted by atomic mass is 16.5. The molecule has 2 aliphatic rings. The molecule has 4 rings (SSSR count). The van der Waals surface area contributed by atoms with Gasteiger partial charge >= 0.3 is 0 Å². The molecule has 1 aromatic heterocycles. The molecule has 1 amide bonds. The van der Waals surface area contributed by atoms with Gasteiger partial charge in [-0.15, -0.1) is 5.10 Å². The molecule has 2 fully saturated rings. The Morgan fingerprint density at radius 1 is 1.20 bits per heavy atom. The lowest BCUT2D eigenvalue weighted by atomic mass is 10.1. The van der Waals surface area contributed by atoms with Crippen molar-refractivity contribution >= 4 is 5.91 Å². The highest BCUT2D eigenvalue weighted by Gasteiger charge is 2.33. The first-order valence-corrected chi connectivity index (χ1v) is 8.72. The first-order valence-electron chi connectivity index (χ1n) is 8.72. The zero-order valence-electron chi connectivity index (χ0n) is 14.1. The van der Waals surface area contributed by atoms with E-state index in [1.54, 1.807) is 4.90 Å². The van der Waals surface area contributed by atoms with Crippen LogP contribution in [0.2, 0.25) is 0 Å². The van der Waals surface area contributed by atoms with Gasteiger partial charge in [0, 0.05) is 19.7 Å². The van der Waals surface area contributed by atoms with E-state index in [9.17, 15) is 4.79 Å². The van der Waals surface area contributed by atoms with Crippen LogP contribution in [0.3, 0.4) is 0 Å². The van der Waals surface area contributed by atoms with Gasteiger partial charge in [0.1, 0.15) is 11.4 Å². The van der Waals surface area contributed by atoms with Crippen LogP contribution in [0, 0.1) is 5.92 Å². The molecule has 25 heavy (non-hydrogen) atoms. The minimum atomic E-state index is -0.00629. The van der Waals surface area contributed by atoms with Crippen LogP contribution in [-0.4, -0.2) is 52.1 Å². The third-order valence-electron chi connectivity index (χ3n) is 4.55. The number of carbonyl (C=O) groups is 1. The van der Waals surface area contributed by atoms with Crippen molar-refractivity contribution in [3.05, 3.63) is 42.2 Å². The van der Waals surface area contributed by atoms with Gasteiger partial charge in [-0.25, -0.2) is 4.68 Å². The highest BCUT2D eigenvalue weighted by Crippen LogP contribution is 2.29. The van der Waals surface area contributed by atoms with Crippen LogP contribution in [0.25, 0.3) is 0 Å². The van der Waals surface area contributed by atoms with Crippen molar-refractivity contribution in [2.75, 3.05) is 26.3 Å². The van der Waals surface area contributed by atoms with Crippen LogP contribution in [0.15, 0.2) is 36.5 Å². The zero-order chi connectivity index (χ0) is 17.1. The molecule has 2 heterocycles. The van der Waals surface area contributed by atoms with E-state index in [0.717, 1.165) is 18.2 Å². The molecule has 1 aromatic carbocycles. The van der Waals surface area contributed by atoms with Gasteiger partial charge in [0.25, 0.3) is 5.91 Å². The van der Waals surface area contributed by atoms with Gasteiger partial charge < -0.3 is 14.4 Å². The Labute approximate surface area is 146 Å². The maximum absolute atomic E-state index is 12.1. The van der Waals surface area contributed by atoms with Crippen molar-refractivity contribution in [3.8, 4) is 5.75 Å². The Kier molecular flexibility index (Phi) is 4.65. The fourth-order valence-electron chi connectivity index (χ4n) is 2.75. The molecular formula is C18H22N4O3. The number of para-hydroxylation sites is 1. The Morgan fingerprint density at radius 3 is 2.76 bits per heavy atom. The molecule has 132 valence electrons. The van der Waals surface area contributed by atoms with E-state index >= 15 is 0 Å². The second-order valence-corrected chi connectivity index (χ2v) is 6.70. The van der Waals surface area contributed by atoms with E-state index in [-0.39, 0.29) is 18.6 Å². The number of likely N-dealkylation sites (tertiary alicyclic amines) is 1. The monoisotopic (exact) mass is 342 g/mol. The lowest BCUT2D eigenvalue weighted by Crippen LogP contribution is -2.52. The van der Waals surface area contributed by atoms with Crippen molar-refractivity contribution in [1.29, 1.82) is 0 Å². The summed E-state index contributed by atoms with van der Waals surface area (Å²) in [5.74, 6) is 1.45. The number of carbonyl (C=O) groups excluding carboxylic acids is 1. The quantitative estimate of drug-likeness (QED) is 0.730. The van der Waals surface area contributed by atoms with E-state index in [1.807, 2.05) is 41.2 Å². The summed E-state index contributed by atoms with van der Waals surface area (Å²) in [6.45, 7) is 2.68. The van der Waals surface area contributed by atoms with Crippen LogP contribution < -0.4 is 4.74 Å². The summed E-state index contributed by atoms with van der Waals surface area (Å²) in [6, 6.07) is 9.55. The van der Waals surface area contributed by atoms with Gasteiger partial charge in [0.2, 0.25) is 0 Å². The number of ether oxygens (including phenoxy) is 2. The fraction of sp³-hybridized carbons (Fsp3) is 0.500. The van der Waals surface area contributed by atoms with Crippen molar-refractivity contribution in [2.24, 2.45) is 5.92 Å². The van der Waals surface area contributed by atoms with Gasteiger partial charge in [-0.2, -0.15) is 0 Å². The van der Waals surface area contributed by atoms with E-state index in [1.165, 1.54) is 12.8 Å². The number of hydrogen-bond acceptors (Lipinski definition) is 5. The van der Waals surface area contributed by atoms with Gasteiger partial charge in [0.15, 0.2) is 6.61 Å². The second-order valence-electron chi connectivity index (χ2n) is 6.70. The average molecular weight is 342 g/mol. The molecule has 1 aliphatic carbocycles. The van der Waals surface area contributed by atoms with Gasteiger partial charge in [-0.05, 0) is 30.9 Å².